The Kier molecular flexibility index (Phi) is 2.84. The molecule has 0 aromatic carbocycles. The number of hydrogen-bond donors (Lipinski definition) is 1. The van der Waals surface area contributed by atoms with Crippen LogP contribution in [0.1, 0.15) is 0 Å². The van der Waals surface area contributed by atoms with E-state index >= 15 is 0 Å². The molecular formula is C10H8Cl2N2O. The summed E-state index contributed by atoms with van der Waals surface area (Å²) in [5.41, 5.74) is 0.579. The van der Waals surface area contributed by atoms with E-state index in [-0.39, 0.29) is 0 Å². The molecule has 78 valence electrons. The van der Waals surface area contributed by atoms with Crippen molar-refractivity contribution in [3.8, 4) is 11.5 Å². The molecule has 2 aromatic heterocycles. The molecule has 0 fully saturated rings. The molecule has 2 aromatic rings. The number of halogens is 2. The molecule has 3 nitrogen and oxygen atoms in total. The van der Waals surface area contributed by atoms with Gasteiger partial charge in [-0.25, -0.2) is 4.98 Å². The third-order valence-corrected chi connectivity index (χ3v) is 2.50. The van der Waals surface area contributed by atoms with Gasteiger partial charge in [-0.2, -0.15) is 0 Å². The van der Waals surface area contributed by atoms with E-state index in [1.807, 2.05) is 0 Å². The Hall–Kier alpha value is -1.19. The van der Waals surface area contributed by atoms with Crippen LogP contribution in [0.25, 0.3) is 11.5 Å². The molecule has 0 aliphatic rings. The maximum Gasteiger partial charge on any atom is 0.153 e. The Bertz CT molecular complexity index is 469. The Morgan fingerprint density at radius 3 is 2.73 bits per heavy atom. The number of aromatic nitrogens is 1. The van der Waals surface area contributed by atoms with Gasteiger partial charge in [-0.05, 0) is 18.2 Å². The number of nitrogens with one attached hydrogen (secondary N) is 1. The number of anilines is 1. The van der Waals surface area contributed by atoms with E-state index in [2.05, 4.69) is 10.3 Å². The highest BCUT2D eigenvalue weighted by Gasteiger charge is 2.11. The zero-order chi connectivity index (χ0) is 10.8. The second kappa shape index (κ2) is 4.13. The van der Waals surface area contributed by atoms with Crippen LogP contribution in [0.3, 0.4) is 0 Å². The molecule has 2 heterocycles. The smallest absolute Gasteiger partial charge is 0.153 e. The quantitative estimate of drug-likeness (QED) is 0.873. The number of nitrogens with zero attached hydrogens (tertiary/aromatic N) is 1. The molecule has 0 bridgehead atoms. The van der Waals surface area contributed by atoms with Crippen molar-refractivity contribution in [2.24, 2.45) is 0 Å². The lowest BCUT2D eigenvalue weighted by Gasteiger charge is -2.06. The Morgan fingerprint density at radius 1 is 1.33 bits per heavy atom. The fourth-order valence-electron chi connectivity index (χ4n) is 1.23. The predicted molar refractivity (Wildman–Crippen MR) is 61.5 cm³/mol. The minimum atomic E-state index is 0.467. The fourth-order valence-corrected chi connectivity index (χ4v) is 1.77. The molecule has 0 aliphatic carbocycles. The molecule has 2 rings (SSSR count). The minimum Gasteiger partial charge on any atom is -0.463 e. The van der Waals surface area contributed by atoms with Gasteiger partial charge in [-0.1, -0.05) is 23.2 Å². The van der Waals surface area contributed by atoms with Crippen LogP contribution in [0.2, 0.25) is 10.0 Å². The number of pyridine rings is 1. The van der Waals surface area contributed by atoms with Crippen molar-refractivity contribution in [2.45, 2.75) is 0 Å². The second-order valence-electron chi connectivity index (χ2n) is 2.88. The van der Waals surface area contributed by atoms with E-state index in [0.717, 1.165) is 0 Å². The minimum absolute atomic E-state index is 0.467. The van der Waals surface area contributed by atoms with Crippen LogP contribution in [0.5, 0.6) is 0 Å². The standard InChI is InChI=1S/C10H8Cl2N2O/c1-13-10-7(12)5-6(11)9(14-10)8-3-2-4-15-8/h2-5H,1H3,(H,13,14). The van der Waals surface area contributed by atoms with E-state index in [0.29, 0.717) is 27.3 Å². The predicted octanol–water partition coefficient (Wildman–Crippen LogP) is 3.69. The SMILES string of the molecule is CNc1nc(-c2ccco2)c(Cl)cc1Cl. The lowest BCUT2D eigenvalue weighted by molar-refractivity contribution is 0.580. The van der Waals surface area contributed by atoms with E-state index in [4.69, 9.17) is 27.6 Å². The summed E-state index contributed by atoms with van der Waals surface area (Å²) in [5.74, 6) is 1.20. The first-order chi connectivity index (χ1) is 7.22. The van der Waals surface area contributed by atoms with Crippen LogP contribution in [-0.2, 0) is 0 Å². The summed E-state index contributed by atoms with van der Waals surface area (Å²) < 4.78 is 5.22. The van der Waals surface area contributed by atoms with E-state index in [9.17, 15) is 0 Å². The zero-order valence-electron chi connectivity index (χ0n) is 7.92. The normalized spacial score (nSPS) is 10.3. The largest absolute Gasteiger partial charge is 0.463 e. The molecule has 0 aliphatic heterocycles. The monoisotopic (exact) mass is 242 g/mol. The summed E-state index contributed by atoms with van der Waals surface area (Å²) in [5, 5.41) is 3.83. The van der Waals surface area contributed by atoms with Crippen LogP contribution < -0.4 is 5.32 Å². The van der Waals surface area contributed by atoms with Gasteiger partial charge in [0.05, 0.1) is 16.3 Å². The Labute approximate surface area is 97.0 Å². The highest BCUT2D eigenvalue weighted by molar-refractivity contribution is 6.37. The summed E-state index contributed by atoms with van der Waals surface area (Å²) in [7, 11) is 1.74. The fraction of sp³-hybridized carbons (Fsp3) is 0.100. The van der Waals surface area contributed by atoms with Gasteiger partial charge in [-0.3, -0.25) is 0 Å². The summed E-state index contributed by atoms with van der Waals surface area (Å²) in [4.78, 5) is 4.26. The molecule has 0 unspecified atom stereocenters. The van der Waals surface area contributed by atoms with E-state index in [1.54, 1.807) is 31.5 Å². The van der Waals surface area contributed by atoms with Crippen molar-refractivity contribution in [2.75, 3.05) is 12.4 Å². The van der Waals surface area contributed by atoms with Gasteiger partial charge in [0.15, 0.2) is 5.76 Å². The van der Waals surface area contributed by atoms with E-state index in [1.165, 1.54) is 0 Å². The number of furan rings is 1. The second-order valence-corrected chi connectivity index (χ2v) is 3.69. The molecule has 0 spiro atoms. The van der Waals surface area contributed by atoms with Gasteiger partial charge in [0.25, 0.3) is 0 Å². The molecule has 0 saturated carbocycles. The zero-order valence-corrected chi connectivity index (χ0v) is 9.43. The number of rotatable bonds is 2. The first-order valence-corrected chi connectivity index (χ1v) is 5.05. The summed E-state index contributed by atoms with van der Waals surface area (Å²) in [6.45, 7) is 0. The highest BCUT2D eigenvalue weighted by atomic mass is 35.5. The third-order valence-electron chi connectivity index (χ3n) is 1.92. The van der Waals surface area contributed by atoms with E-state index < -0.39 is 0 Å². The maximum absolute atomic E-state index is 6.02. The molecule has 15 heavy (non-hydrogen) atoms. The summed E-state index contributed by atoms with van der Waals surface area (Å²) in [6.07, 6.45) is 1.57. The summed E-state index contributed by atoms with van der Waals surface area (Å²) >= 11 is 11.9. The van der Waals surface area contributed by atoms with Crippen LogP contribution in [0.15, 0.2) is 28.9 Å². The molecular weight excluding hydrogens is 235 g/mol. The van der Waals surface area contributed by atoms with Crippen LogP contribution in [-0.4, -0.2) is 12.0 Å². The Morgan fingerprint density at radius 2 is 2.13 bits per heavy atom. The van der Waals surface area contributed by atoms with Crippen LogP contribution >= 0.6 is 23.2 Å². The lowest BCUT2D eigenvalue weighted by Crippen LogP contribution is -1.95. The number of hydrogen-bond acceptors (Lipinski definition) is 3. The van der Waals surface area contributed by atoms with Gasteiger partial charge in [0.2, 0.25) is 0 Å². The van der Waals surface area contributed by atoms with Crippen molar-refractivity contribution < 1.29 is 4.42 Å². The molecule has 0 radical (unpaired) electrons. The Balaban J connectivity index is 2.57. The first-order valence-electron chi connectivity index (χ1n) is 4.30. The molecule has 0 amide bonds. The van der Waals surface area contributed by atoms with Crippen molar-refractivity contribution >= 4 is 29.0 Å². The average molecular weight is 243 g/mol. The van der Waals surface area contributed by atoms with Gasteiger partial charge >= 0.3 is 0 Å². The van der Waals surface area contributed by atoms with Crippen molar-refractivity contribution in [3.63, 3.8) is 0 Å². The van der Waals surface area contributed by atoms with Gasteiger partial charge in [0, 0.05) is 7.05 Å². The maximum atomic E-state index is 6.02. The first kappa shape index (κ1) is 10.3. The molecule has 1 N–H and O–H groups in total. The molecule has 5 heteroatoms. The van der Waals surface area contributed by atoms with Crippen molar-refractivity contribution in [1.82, 2.24) is 4.98 Å². The van der Waals surface area contributed by atoms with Gasteiger partial charge in [-0.15, -0.1) is 0 Å². The average Bonchev–Trinajstić information content (AvgIpc) is 2.71. The van der Waals surface area contributed by atoms with Crippen molar-refractivity contribution in [3.05, 3.63) is 34.5 Å². The molecule has 0 saturated heterocycles. The van der Waals surface area contributed by atoms with Crippen molar-refractivity contribution in [1.29, 1.82) is 0 Å². The lowest BCUT2D eigenvalue weighted by atomic mass is 10.3. The summed E-state index contributed by atoms with van der Waals surface area (Å²) in [6, 6.07) is 5.21. The van der Waals surface area contributed by atoms with Gasteiger partial charge in [0.1, 0.15) is 11.5 Å². The third kappa shape index (κ3) is 1.94. The van der Waals surface area contributed by atoms with Crippen LogP contribution in [0.4, 0.5) is 5.82 Å². The van der Waals surface area contributed by atoms with Crippen LogP contribution in [0, 0.1) is 0 Å². The van der Waals surface area contributed by atoms with Gasteiger partial charge < -0.3 is 9.73 Å². The topological polar surface area (TPSA) is 38.1 Å². The molecule has 0 atom stereocenters. The highest BCUT2D eigenvalue weighted by Crippen LogP contribution is 2.32.